The second-order valence-electron chi connectivity index (χ2n) is 5.17. The van der Waals surface area contributed by atoms with Crippen LogP contribution in [0.1, 0.15) is 25.3 Å². The molecule has 0 spiro atoms. The average molecular weight is 335 g/mol. The molecule has 23 heavy (non-hydrogen) atoms. The van der Waals surface area contributed by atoms with Crippen molar-refractivity contribution in [3.63, 3.8) is 0 Å². The topological polar surface area (TPSA) is 64.4 Å². The Morgan fingerprint density at radius 1 is 1.09 bits per heavy atom. The number of hydrogen-bond acceptors (Lipinski definition) is 3. The van der Waals surface area contributed by atoms with Crippen molar-refractivity contribution in [1.29, 1.82) is 0 Å². The molecule has 0 aliphatic rings. The predicted octanol–water partition coefficient (Wildman–Crippen LogP) is 3.64. The summed E-state index contributed by atoms with van der Waals surface area (Å²) in [4.78, 5) is 11.8. The summed E-state index contributed by atoms with van der Waals surface area (Å²) < 4.78 is 5.72. The van der Waals surface area contributed by atoms with Gasteiger partial charge in [-0.3, -0.25) is 4.79 Å². The second-order valence-corrected chi connectivity index (χ2v) is 5.17. The van der Waals surface area contributed by atoms with Gasteiger partial charge in [-0.1, -0.05) is 43.7 Å². The zero-order valence-corrected chi connectivity index (χ0v) is 14.0. The van der Waals surface area contributed by atoms with Crippen molar-refractivity contribution in [2.75, 3.05) is 0 Å². The summed E-state index contributed by atoms with van der Waals surface area (Å²) in [5, 5.41) is 2.85. The minimum atomic E-state index is -0.425. The van der Waals surface area contributed by atoms with Crippen LogP contribution in [0.2, 0.25) is 0 Å². The molecule has 1 unspecified atom stereocenters. The number of ether oxygens (including phenoxy) is 1. The molecule has 0 radical (unpaired) electrons. The molecule has 124 valence electrons. The third-order valence-electron chi connectivity index (χ3n) is 3.31. The fraction of sp³-hybridized carbons (Fsp3) is 0.278. The van der Waals surface area contributed by atoms with E-state index in [-0.39, 0.29) is 18.3 Å². The number of rotatable bonds is 7. The lowest BCUT2D eigenvalue weighted by molar-refractivity contribution is -0.122. The van der Waals surface area contributed by atoms with Crippen LogP contribution in [0, 0.1) is 0 Å². The molecule has 2 rings (SSSR count). The standard InChI is InChI=1S/C18H22N2O2.ClH/c1-2-6-17(19)18(21)20-13-14-9-11-16(12-10-14)22-15-7-4-3-5-8-15;/h3-5,7-12,17H,2,6,13,19H2,1H3,(H,20,21);1H. The second kappa shape index (κ2) is 9.87. The molecular formula is C18H23ClN2O2. The molecule has 1 atom stereocenters. The first kappa shape index (κ1) is 19.0. The lowest BCUT2D eigenvalue weighted by Crippen LogP contribution is -2.40. The summed E-state index contributed by atoms with van der Waals surface area (Å²) in [5.41, 5.74) is 6.78. The molecule has 0 saturated carbocycles. The number of nitrogens with one attached hydrogen (secondary N) is 1. The van der Waals surface area contributed by atoms with Gasteiger partial charge in [-0.25, -0.2) is 0 Å². The molecular weight excluding hydrogens is 312 g/mol. The lowest BCUT2D eigenvalue weighted by atomic mass is 10.1. The Kier molecular flexibility index (Phi) is 8.16. The van der Waals surface area contributed by atoms with Gasteiger partial charge in [-0.15, -0.1) is 12.4 Å². The third kappa shape index (κ3) is 6.30. The highest BCUT2D eigenvalue weighted by molar-refractivity contribution is 5.85. The quantitative estimate of drug-likeness (QED) is 0.812. The van der Waals surface area contributed by atoms with Crippen molar-refractivity contribution in [2.45, 2.75) is 32.4 Å². The van der Waals surface area contributed by atoms with Crippen LogP contribution < -0.4 is 15.8 Å². The molecule has 0 bridgehead atoms. The van der Waals surface area contributed by atoms with Gasteiger partial charge < -0.3 is 15.8 Å². The largest absolute Gasteiger partial charge is 0.457 e. The maximum Gasteiger partial charge on any atom is 0.237 e. The fourth-order valence-corrected chi connectivity index (χ4v) is 2.06. The third-order valence-corrected chi connectivity index (χ3v) is 3.31. The normalized spacial score (nSPS) is 11.2. The van der Waals surface area contributed by atoms with Gasteiger partial charge in [0.15, 0.2) is 0 Å². The molecule has 2 aromatic rings. The minimum Gasteiger partial charge on any atom is -0.457 e. The summed E-state index contributed by atoms with van der Waals surface area (Å²) in [6, 6.07) is 16.8. The van der Waals surface area contributed by atoms with Gasteiger partial charge in [0, 0.05) is 6.54 Å². The highest BCUT2D eigenvalue weighted by atomic mass is 35.5. The van der Waals surface area contributed by atoms with Crippen molar-refractivity contribution in [2.24, 2.45) is 5.73 Å². The molecule has 0 aliphatic heterocycles. The van der Waals surface area contributed by atoms with Crippen LogP contribution in [0.3, 0.4) is 0 Å². The number of para-hydroxylation sites is 1. The van der Waals surface area contributed by atoms with Crippen LogP contribution >= 0.6 is 12.4 Å². The van der Waals surface area contributed by atoms with Crippen molar-refractivity contribution < 1.29 is 9.53 Å². The van der Waals surface area contributed by atoms with Crippen LogP contribution in [0.4, 0.5) is 0 Å². The van der Waals surface area contributed by atoms with E-state index >= 15 is 0 Å². The van der Waals surface area contributed by atoms with E-state index in [9.17, 15) is 4.79 Å². The first-order valence-corrected chi connectivity index (χ1v) is 7.54. The van der Waals surface area contributed by atoms with Gasteiger partial charge in [0.2, 0.25) is 5.91 Å². The lowest BCUT2D eigenvalue weighted by Gasteiger charge is -2.11. The van der Waals surface area contributed by atoms with Gasteiger partial charge in [-0.2, -0.15) is 0 Å². The number of hydrogen-bond donors (Lipinski definition) is 2. The molecule has 2 aromatic carbocycles. The van der Waals surface area contributed by atoms with Crippen LogP contribution in [-0.4, -0.2) is 11.9 Å². The summed E-state index contributed by atoms with van der Waals surface area (Å²) >= 11 is 0. The molecule has 0 saturated heterocycles. The number of carbonyl (C=O) groups is 1. The van der Waals surface area contributed by atoms with Crippen LogP contribution in [0.25, 0.3) is 0 Å². The molecule has 0 heterocycles. The Hall–Kier alpha value is -2.04. The Morgan fingerprint density at radius 2 is 1.70 bits per heavy atom. The number of nitrogens with two attached hydrogens (primary N) is 1. The van der Waals surface area contributed by atoms with E-state index in [1.54, 1.807) is 0 Å². The summed E-state index contributed by atoms with van der Waals surface area (Å²) in [5.74, 6) is 1.46. The molecule has 3 N–H and O–H groups in total. The maximum atomic E-state index is 11.8. The minimum absolute atomic E-state index is 0. The van der Waals surface area contributed by atoms with E-state index < -0.39 is 6.04 Å². The molecule has 0 aliphatic carbocycles. The molecule has 5 heteroatoms. The summed E-state index contributed by atoms with van der Waals surface area (Å²) in [7, 11) is 0. The van der Waals surface area contributed by atoms with Crippen molar-refractivity contribution in [3.05, 3.63) is 60.2 Å². The molecule has 1 amide bonds. The Morgan fingerprint density at radius 3 is 2.30 bits per heavy atom. The van der Waals surface area contributed by atoms with Gasteiger partial charge in [0.05, 0.1) is 6.04 Å². The SMILES string of the molecule is CCCC(N)C(=O)NCc1ccc(Oc2ccccc2)cc1.Cl. The van der Waals surface area contributed by atoms with Crippen molar-refractivity contribution in [1.82, 2.24) is 5.32 Å². The summed E-state index contributed by atoms with van der Waals surface area (Å²) in [6.45, 7) is 2.49. The van der Waals surface area contributed by atoms with Gasteiger partial charge in [0.25, 0.3) is 0 Å². The van der Waals surface area contributed by atoms with E-state index in [2.05, 4.69) is 5.32 Å². The Labute approximate surface area is 143 Å². The van der Waals surface area contributed by atoms with Crippen molar-refractivity contribution >= 4 is 18.3 Å². The molecule has 0 aromatic heterocycles. The van der Waals surface area contributed by atoms with Crippen LogP contribution in [0.15, 0.2) is 54.6 Å². The zero-order valence-electron chi connectivity index (χ0n) is 13.2. The molecule has 0 fully saturated rings. The van der Waals surface area contributed by atoms with Gasteiger partial charge in [0.1, 0.15) is 11.5 Å². The maximum absolute atomic E-state index is 11.8. The Bertz CT molecular complexity index is 588. The van der Waals surface area contributed by atoms with Gasteiger partial charge in [-0.05, 0) is 36.2 Å². The van der Waals surface area contributed by atoms with Crippen molar-refractivity contribution in [3.8, 4) is 11.5 Å². The summed E-state index contributed by atoms with van der Waals surface area (Å²) in [6.07, 6.45) is 1.61. The van der Waals surface area contributed by atoms with E-state index in [1.165, 1.54) is 0 Å². The monoisotopic (exact) mass is 334 g/mol. The highest BCUT2D eigenvalue weighted by Gasteiger charge is 2.11. The van der Waals surface area contributed by atoms with Crippen LogP contribution in [-0.2, 0) is 11.3 Å². The van der Waals surface area contributed by atoms with Crippen LogP contribution in [0.5, 0.6) is 11.5 Å². The first-order chi connectivity index (χ1) is 10.7. The number of benzene rings is 2. The van der Waals surface area contributed by atoms with E-state index in [0.29, 0.717) is 13.0 Å². The number of halogens is 1. The predicted molar refractivity (Wildman–Crippen MR) is 94.9 cm³/mol. The average Bonchev–Trinajstić information content (AvgIpc) is 2.55. The van der Waals surface area contributed by atoms with E-state index in [4.69, 9.17) is 10.5 Å². The number of amides is 1. The first-order valence-electron chi connectivity index (χ1n) is 7.54. The number of carbonyl (C=O) groups excluding carboxylic acids is 1. The smallest absolute Gasteiger partial charge is 0.237 e. The molecule has 4 nitrogen and oxygen atoms in total. The fourth-order valence-electron chi connectivity index (χ4n) is 2.06. The van der Waals surface area contributed by atoms with E-state index in [0.717, 1.165) is 23.5 Å². The Balaban J connectivity index is 0.00000264. The highest BCUT2D eigenvalue weighted by Crippen LogP contribution is 2.21. The zero-order chi connectivity index (χ0) is 15.8. The van der Waals surface area contributed by atoms with E-state index in [1.807, 2.05) is 61.5 Å². The van der Waals surface area contributed by atoms with Gasteiger partial charge >= 0.3 is 0 Å².